The number of carbonyl (C=O) groups is 1. The number of ether oxygens (including phenoxy) is 1. The monoisotopic (exact) mass is 300 g/mol. The van der Waals surface area contributed by atoms with E-state index < -0.39 is 27.3 Å². The normalized spacial score (nSPS) is 22.4. The summed E-state index contributed by atoms with van der Waals surface area (Å²) in [5.41, 5.74) is 5.24. The van der Waals surface area contributed by atoms with Crippen LogP contribution in [0, 0.1) is 5.92 Å². The number of hydrogen-bond acceptors (Lipinski definition) is 7. The van der Waals surface area contributed by atoms with Gasteiger partial charge in [0.25, 0.3) is 10.0 Å². The van der Waals surface area contributed by atoms with Gasteiger partial charge in [0.15, 0.2) is 5.37 Å². The molecule has 2 heterocycles. The van der Waals surface area contributed by atoms with E-state index in [9.17, 15) is 13.2 Å². The first kappa shape index (κ1) is 14.7. The van der Waals surface area contributed by atoms with Crippen LogP contribution >= 0.6 is 0 Å². The Morgan fingerprint density at radius 2 is 2.35 bits per heavy atom. The molecule has 1 aliphatic rings. The molecule has 0 aromatic carbocycles. The fraction of sp³-hybridized carbons (Fsp3) is 0.455. The summed E-state index contributed by atoms with van der Waals surface area (Å²) in [4.78, 5) is 15.6. The number of nitrogens with zero attached hydrogens (tertiary/aromatic N) is 1. The lowest BCUT2D eigenvalue weighted by Crippen LogP contribution is -2.44. The highest BCUT2D eigenvalue weighted by Crippen LogP contribution is 2.18. The number of pyridine rings is 1. The number of aromatic nitrogens is 1. The molecule has 1 aromatic rings. The van der Waals surface area contributed by atoms with Crippen molar-refractivity contribution in [2.24, 2.45) is 5.92 Å². The second-order valence-corrected chi connectivity index (χ2v) is 5.97. The summed E-state index contributed by atoms with van der Waals surface area (Å²) in [5, 5.41) is -1.11. The highest BCUT2D eigenvalue weighted by molar-refractivity contribution is 7.93. The number of nitrogens with one attached hydrogen (secondary N) is 3. The van der Waals surface area contributed by atoms with Gasteiger partial charge in [-0.25, -0.2) is 18.8 Å². The first-order valence-corrected chi connectivity index (χ1v) is 7.67. The fourth-order valence-corrected chi connectivity index (χ4v) is 3.28. The lowest BCUT2D eigenvalue weighted by Gasteiger charge is -2.18. The number of anilines is 1. The van der Waals surface area contributed by atoms with Crippen molar-refractivity contribution >= 4 is 21.8 Å². The Balaban J connectivity index is 2.14. The number of hydrogen-bond donors (Lipinski definition) is 3. The largest absolute Gasteiger partial charge is 0.466 e. The Morgan fingerprint density at radius 1 is 1.55 bits per heavy atom. The van der Waals surface area contributed by atoms with Gasteiger partial charge in [-0.3, -0.25) is 14.9 Å². The second-order valence-electron chi connectivity index (χ2n) is 4.17. The van der Waals surface area contributed by atoms with Gasteiger partial charge >= 0.3 is 5.97 Å². The van der Waals surface area contributed by atoms with Gasteiger partial charge in [-0.05, 0) is 19.1 Å². The van der Waals surface area contributed by atoms with Crippen LogP contribution in [0.3, 0.4) is 0 Å². The predicted octanol–water partition coefficient (Wildman–Crippen LogP) is -0.563. The van der Waals surface area contributed by atoms with Crippen LogP contribution in [0.4, 0.5) is 5.82 Å². The Labute approximate surface area is 116 Å². The Bertz CT molecular complexity index is 563. The molecule has 3 N–H and O–H groups in total. The Morgan fingerprint density at radius 3 is 3.00 bits per heavy atom. The average molecular weight is 300 g/mol. The SMILES string of the molecule is CCOC(=O)C1CNNC1S(=O)(=O)Nc1ccccn1. The van der Waals surface area contributed by atoms with E-state index in [1.54, 1.807) is 19.1 Å². The summed E-state index contributed by atoms with van der Waals surface area (Å²) < 4.78 is 31.7. The Kier molecular flexibility index (Phi) is 4.53. The molecule has 2 rings (SSSR count). The third-order valence-electron chi connectivity index (χ3n) is 2.77. The third-order valence-corrected chi connectivity index (χ3v) is 4.38. The quantitative estimate of drug-likeness (QED) is 0.625. The molecular weight excluding hydrogens is 284 g/mol. The van der Waals surface area contributed by atoms with Crippen molar-refractivity contribution in [2.45, 2.75) is 12.3 Å². The van der Waals surface area contributed by atoms with Crippen LogP contribution < -0.4 is 15.6 Å². The molecule has 8 nitrogen and oxygen atoms in total. The van der Waals surface area contributed by atoms with E-state index in [-0.39, 0.29) is 19.0 Å². The zero-order chi connectivity index (χ0) is 14.6. The summed E-state index contributed by atoms with van der Waals surface area (Å²) in [6.07, 6.45) is 1.47. The van der Waals surface area contributed by atoms with Crippen LogP contribution in [-0.2, 0) is 19.6 Å². The van der Waals surface area contributed by atoms with Crippen LogP contribution in [0.2, 0.25) is 0 Å². The zero-order valence-electron chi connectivity index (χ0n) is 10.9. The van der Waals surface area contributed by atoms with Gasteiger partial charge in [0.1, 0.15) is 11.7 Å². The summed E-state index contributed by atoms with van der Waals surface area (Å²) in [6.45, 7) is 2.06. The molecule has 0 amide bonds. The molecule has 0 aliphatic carbocycles. The minimum atomic E-state index is -3.81. The van der Waals surface area contributed by atoms with Crippen LogP contribution in [0.25, 0.3) is 0 Å². The molecule has 2 unspecified atom stereocenters. The first-order valence-electron chi connectivity index (χ1n) is 6.12. The molecule has 1 fully saturated rings. The molecule has 9 heteroatoms. The number of carbonyl (C=O) groups excluding carboxylic acids is 1. The molecule has 2 atom stereocenters. The van der Waals surface area contributed by atoms with E-state index >= 15 is 0 Å². The molecule has 1 saturated heterocycles. The number of hydrazine groups is 1. The fourth-order valence-electron chi connectivity index (χ4n) is 1.86. The van der Waals surface area contributed by atoms with Crippen molar-refractivity contribution < 1.29 is 17.9 Å². The average Bonchev–Trinajstić information content (AvgIpc) is 2.90. The van der Waals surface area contributed by atoms with Crippen molar-refractivity contribution in [1.82, 2.24) is 15.8 Å². The highest BCUT2D eigenvalue weighted by Gasteiger charge is 2.42. The van der Waals surface area contributed by atoms with E-state index in [1.165, 1.54) is 12.3 Å². The minimum Gasteiger partial charge on any atom is -0.466 e. The zero-order valence-corrected chi connectivity index (χ0v) is 11.7. The minimum absolute atomic E-state index is 0.187. The summed E-state index contributed by atoms with van der Waals surface area (Å²) >= 11 is 0. The van der Waals surface area contributed by atoms with Gasteiger partial charge in [0.2, 0.25) is 0 Å². The van der Waals surface area contributed by atoms with Gasteiger partial charge < -0.3 is 4.74 Å². The lowest BCUT2D eigenvalue weighted by atomic mass is 10.2. The first-order chi connectivity index (χ1) is 9.54. The third kappa shape index (κ3) is 3.24. The highest BCUT2D eigenvalue weighted by atomic mass is 32.2. The molecular formula is C11H16N4O4S. The van der Waals surface area contributed by atoms with Gasteiger partial charge in [-0.2, -0.15) is 0 Å². The molecule has 1 aromatic heterocycles. The van der Waals surface area contributed by atoms with E-state index in [0.717, 1.165) is 0 Å². The lowest BCUT2D eigenvalue weighted by molar-refractivity contribution is -0.147. The maximum Gasteiger partial charge on any atom is 0.313 e. The van der Waals surface area contributed by atoms with Gasteiger partial charge in [0, 0.05) is 12.7 Å². The van der Waals surface area contributed by atoms with Crippen LogP contribution in [0.15, 0.2) is 24.4 Å². The van der Waals surface area contributed by atoms with Crippen molar-refractivity contribution in [3.8, 4) is 0 Å². The van der Waals surface area contributed by atoms with Gasteiger partial charge in [-0.1, -0.05) is 6.07 Å². The maximum absolute atomic E-state index is 12.3. The van der Waals surface area contributed by atoms with Crippen molar-refractivity contribution in [3.63, 3.8) is 0 Å². The molecule has 20 heavy (non-hydrogen) atoms. The molecule has 1 aliphatic heterocycles. The van der Waals surface area contributed by atoms with Crippen LogP contribution in [0.1, 0.15) is 6.92 Å². The van der Waals surface area contributed by atoms with Gasteiger partial charge in [0.05, 0.1) is 6.61 Å². The molecule has 0 bridgehead atoms. The summed E-state index contributed by atoms with van der Waals surface area (Å²) in [7, 11) is -3.81. The van der Waals surface area contributed by atoms with Crippen molar-refractivity contribution in [3.05, 3.63) is 24.4 Å². The Hall–Kier alpha value is -1.71. The van der Waals surface area contributed by atoms with Crippen LogP contribution in [0.5, 0.6) is 0 Å². The molecule has 0 saturated carbocycles. The van der Waals surface area contributed by atoms with Crippen molar-refractivity contribution in [2.75, 3.05) is 17.9 Å². The van der Waals surface area contributed by atoms with Gasteiger partial charge in [-0.15, -0.1) is 0 Å². The molecule has 0 radical (unpaired) electrons. The number of rotatable bonds is 5. The number of sulfonamides is 1. The summed E-state index contributed by atoms with van der Waals surface area (Å²) in [6, 6.07) is 4.86. The standard InChI is InChI=1S/C11H16N4O4S/c1-2-19-11(16)8-7-13-14-10(8)20(17,18)15-9-5-3-4-6-12-9/h3-6,8,10,13-14H,2,7H2,1H3,(H,12,15). The molecule has 0 spiro atoms. The summed E-state index contributed by atoms with van der Waals surface area (Å²) in [5.74, 6) is -1.17. The maximum atomic E-state index is 12.3. The smallest absolute Gasteiger partial charge is 0.313 e. The topological polar surface area (TPSA) is 109 Å². The van der Waals surface area contributed by atoms with Crippen molar-refractivity contribution in [1.29, 1.82) is 0 Å². The predicted molar refractivity (Wildman–Crippen MR) is 71.8 cm³/mol. The van der Waals surface area contributed by atoms with E-state index in [4.69, 9.17) is 4.74 Å². The van der Waals surface area contributed by atoms with E-state index in [0.29, 0.717) is 0 Å². The van der Waals surface area contributed by atoms with Crippen LogP contribution in [-0.4, -0.2) is 37.9 Å². The molecule has 110 valence electrons. The number of esters is 1. The van der Waals surface area contributed by atoms with E-state index in [1.807, 2.05) is 0 Å². The second kappa shape index (κ2) is 6.16. The van der Waals surface area contributed by atoms with E-state index in [2.05, 4.69) is 20.6 Å².